The van der Waals surface area contributed by atoms with Crippen LogP contribution in [0.3, 0.4) is 0 Å². The van der Waals surface area contributed by atoms with Crippen LogP contribution >= 0.6 is 0 Å². The molecule has 3 aromatic carbocycles. The van der Waals surface area contributed by atoms with E-state index in [0.29, 0.717) is 23.3 Å². The third kappa shape index (κ3) is 2.88. The lowest BCUT2D eigenvalue weighted by molar-refractivity contribution is 0.229. The highest BCUT2D eigenvalue weighted by Crippen LogP contribution is 2.51. The van der Waals surface area contributed by atoms with Crippen LogP contribution in [0.5, 0.6) is 28.7 Å². The first-order valence-corrected chi connectivity index (χ1v) is 10.7. The van der Waals surface area contributed by atoms with Crippen molar-refractivity contribution in [1.29, 1.82) is 0 Å². The van der Waals surface area contributed by atoms with Gasteiger partial charge in [-0.1, -0.05) is 0 Å². The molecule has 0 saturated carbocycles. The molecular weight excluding hydrogens is 394 g/mol. The maximum atomic E-state index is 5.94. The van der Waals surface area contributed by atoms with Gasteiger partial charge >= 0.3 is 0 Å². The van der Waals surface area contributed by atoms with Gasteiger partial charge in [-0.25, -0.2) is 0 Å². The van der Waals surface area contributed by atoms with Gasteiger partial charge in [0, 0.05) is 18.0 Å². The Morgan fingerprint density at radius 3 is 2.00 bits per heavy atom. The minimum atomic E-state index is 0.590. The zero-order valence-corrected chi connectivity index (χ0v) is 18.8. The van der Waals surface area contributed by atoms with Crippen LogP contribution in [-0.4, -0.2) is 53.0 Å². The van der Waals surface area contributed by atoms with Gasteiger partial charge in [0.15, 0.2) is 23.0 Å². The summed E-state index contributed by atoms with van der Waals surface area (Å²) < 4.78 is 28.6. The van der Waals surface area contributed by atoms with Crippen LogP contribution in [0.4, 0.5) is 0 Å². The molecule has 0 aromatic heterocycles. The van der Waals surface area contributed by atoms with Gasteiger partial charge in [0.05, 0.1) is 35.5 Å². The van der Waals surface area contributed by atoms with Crippen molar-refractivity contribution in [1.82, 2.24) is 4.90 Å². The highest BCUT2D eigenvalue weighted by Gasteiger charge is 2.34. The van der Waals surface area contributed by atoms with E-state index in [2.05, 4.69) is 23.1 Å². The van der Waals surface area contributed by atoms with Gasteiger partial charge in [-0.3, -0.25) is 4.90 Å². The van der Waals surface area contributed by atoms with E-state index in [1.807, 2.05) is 0 Å². The molecule has 2 aliphatic heterocycles. The van der Waals surface area contributed by atoms with Crippen LogP contribution in [0.15, 0.2) is 18.2 Å². The van der Waals surface area contributed by atoms with Crippen LogP contribution in [0, 0.1) is 0 Å². The van der Waals surface area contributed by atoms with Crippen molar-refractivity contribution >= 4 is 21.5 Å². The average Bonchev–Trinajstić information content (AvgIpc) is 3.28. The van der Waals surface area contributed by atoms with Crippen molar-refractivity contribution < 1.29 is 23.7 Å². The number of hydrogen-bond donors (Lipinski definition) is 0. The van der Waals surface area contributed by atoms with Gasteiger partial charge in [-0.2, -0.15) is 0 Å². The Morgan fingerprint density at radius 1 is 0.710 bits per heavy atom. The standard InChI is InChI=1S/C25H29NO5/c1-27-20-10-16-15-9-14-7-6-8-26(14)13-19(15)23-18(17(16)11-21(20)28-2)12-22(29-3)24(30-4)25(23)31-5/h10-12,14H,6-9,13H2,1-5H3. The Hall–Kier alpha value is -2.86. The topological polar surface area (TPSA) is 49.4 Å². The summed E-state index contributed by atoms with van der Waals surface area (Å²) in [5.41, 5.74) is 2.68. The number of rotatable bonds is 5. The minimum Gasteiger partial charge on any atom is -0.493 e. The molecule has 0 amide bonds. The fourth-order valence-electron chi connectivity index (χ4n) is 5.51. The van der Waals surface area contributed by atoms with E-state index >= 15 is 0 Å². The fourth-order valence-corrected chi connectivity index (χ4v) is 5.51. The van der Waals surface area contributed by atoms with E-state index in [1.165, 1.54) is 29.4 Å². The SMILES string of the molecule is COc1cc2c3c(c4c(OC)c(OC)c(OC)cc4c2cc1OC)CN1CCCC1C3. The zero-order chi connectivity index (χ0) is 21.7. The van der Waals surface area contributed by atoms with E-state index in [1.54, 1.807) is 35.5 Å². The molecule has 5 rings (SSSR count). The largest absolute Gasteiger partial charge is 0.493 e. The average molecular weight is 424 g/mol. The van der Waals surface area contributed by atoms with Gasteiger partial charge in [0.1, 0.15) is 0 Å². The van der Waals surface area contributed by atoms with E-state index < -0.39 is 0 Å². The summed E-state index contributed by atoms with van der Waals surface area (Å²) in [5, 5.41) is 4.49. The molecule has 0 radical (unpaired) electrons. The van der Waals surface area contributed by atoms with E-state index in [4.69, 9.17) is 23.7 Å². The molecule has 1 fully saturated rings. The van der Waals surface area contributed by atoms with E-state index in [-0.39, 0.29) is 0 Å². The van der Waals surface area contributed by atoms with Crippen LogP contribution in [0.2, 0.25) is 0 Å². The molecule has 1 saturated heterocycles. The first kappa shape index (κ1) is 20.1. The monoisotopic (exact) mass is 423 g/mol. The lowest BCUT2D eigenvalue weighted by Crippen LogP contribution is -2.35. The van der Waals surface area contributed by atoms with Crippen molar-refractivity contribution in [3.8, 4) is 28.7 Å². The van der Waals surface area contributed by atoms with Crippen molar-refractivity contribution in [2.75, 3.05) is 42.1 Å². The Morgan fingerprint density at radius 2 is 1.35 bits per heavy atom. The first-order valence-electron chi connectivity index (χ1n) is 10.7. The van der Waals surface area contributed by atoms with E-state index in [9.17, 15) is 0 Å². The minimum absolute atomic E-state index is 0.590. The summed E-state index contributed by atoms with van der Waals surface area (Å²) in [4.78, 5) is 2.60. The third-order valence-corrected chi connectivity index (χ3v) is 6.94. The van der Waals surface area contributed by atoms with Gasteiger partial charge in [0.25, 0.3) is 0 Å². The van der Waals surface area contributed by atoms with Crippen molar-refractivity contribution in [3.05, 3.63) is 29.3 Å². The number of methoxy groups -OCH3 is 5. The Bertz CT molecular complexity index is 1170. The Labute approximate surface area is 182 Å². The summed E-state index contributed by atoms with van der Waals surface area (Å²) in [6.45, 7) is 2.05. The first-order chi connectivity index (χ1) is 15.1. The highest BCUT2D eigenvalue weighted by molar-refractivity contribution is 6.15. The quantitative estimate of drug-likeness (QED) is 0.561. The van der Waals surface area contributed by atoms with Crippen molar-refractivity contribution in [2.24, 2.45) is 0 Å². The highest BCUT2D eigenvalue weighted by atomic mass is 16.5. The van der Waals surface area contributed by atoms with Crippen molar-refractivity contribution in [2.45, 2.75) is 31.8 Å². The molecule has 0 aliphatic carbocycles. The normalized spacial score (nSPS) is 18.0. The van der Waals surface area contributed by atoms with Gasteiger partial charge in [-0.05, 0) is 71.3 Å². The zero-order valence-electron chi connectivity index (χ0n) is 18.8. The molecule has 0 N–H and O–H groups in total. The molecule has 6 nitrogen and oxygen atoms in total. The molecule has 31 heavy (non-hydrogen) atoms. The predicted molar refractivity (Wildman–Crippen MR) is 121 cm³/mol. The Balaban J connectivity index is 1.96. The number of hydrogen-bond acceptors (Lipinski definition) is 6. The molecule has 2 heterocycles. The molecule has 6 heteroatoms. The number of fused-ring (bicyclic) bond motifs is 7. The van der Waals surface area contributed by atoms with Gasteiger partial charge < -0.3 is 23.7 Å². The third-order valence-electron chi connectivity index (χ3n) is 6.94. The van der Waals surface area contributed by atoms with Crippen molar-refractivity contribution in [3.63, 3.8) is 0 Å². The predicted octanol–water partition coefficient (Wildman–Crippen LogP) is 4.56. The maximum Gasteiger partial charge on any atom is 0.203 e. The summed E-state index contributed by atoms with van der Waals surface area (Å²) in [5.74, 6) is 3.46. The lowest BCUT2D eigenvalue weighted by atomic mass is 9.84. The van der Waals surface area contributed by atoms with E-state index in [0.717, 1.165) is 47.2 Å². The Kier molecular flexibility index (Phi) is 4.97. The maximum absolute atomic E-state index is 5.94. The smallest absolute Gasteiger partial charge is 0.203 e. The molecule has 3 aromatic rings. The van der Waals surface area contributed by atoms with Crippen LogP contribution in [-0.2, 0) is 13.0 Å². The summed E-state index contributed by atoms with van der Waals surface area (Å²) in [6.07, 6.45) is 3.52. The number of ether oxygens (including phenoxy) is 5. The molecule has 2 aliphatic rings. The molecular formula is C25H29NO5. The summed E-state index contributed by atoms with van der Waals surface area (Å²) in [6, 6.07) is 6.84. The molecule has 0 bridgehead atoms. The summed E-state index contributed by atoms with van der Waals surface area (Å²) in [7, 11) is 8.37. The molecule has 1 atom stereocenters. The second-order valence-corrected chi connectivity index (χ2v) is 8.25. The number of benzene rings is 3. The van der Waals surface area contributed by atoms with Crippen LogP contribution in [0.25, 0.3) is 21.5 Å². The second kappa shape index (κ2) is 7.68. The van der Waals surface area contributed by atoms with Crippen LogP contribution < -0.4 is 23.7 Å². The van der Waals surface area contributed by atoms with Crippen LogP contribution in [0.1, 0.15) is 24.0 Å². The molecule has 0 spiro atoms. The molecule has 164 valence electrons. The fraction of sp³-hybridized carbons (Fsp3) is 0.440. The lowest BCUT2D eigenvalue weighted by Gasteiger charge is -2.34. The number of nitrogens with zero attached hydrogens (tertiary/aromatic N) is 1. The van der Waals surface area contributed by atoms with Gasteiger partial charge in [-0.15, -0.1) is 0 Å². The van der Waals surface area contributed by atoms with Gasteiger partial charge in [0.2, 0.25) is 5.75 Å². The summed E-state index contributed by atoms with van der Waals surface area (Å²) >= 11 is 0. The second-order valence-electron chi connectivity index (χ2n) is 8.25. The molecule has 1 unspecified atom stereocenters.